The highest BCUT2D eigenvalue weighted by Gasteiger charge is 2.09. The van der Waals surface area contributed by atoms with Crippen LogP contribution in [0.4, 0.5) is 0 Å². The first-order chi connectivity index (χ1) is 10.2. The van der Waals surface area contributed by atoms with E-state index in [0.717, 1.165) is 25.7 Å². The monoisotopic (exact) mass is 304 g/mol. The van der Waals surface area contributed by atoms with Crippen molar-refractivity contribution in [1.29, 1.82) is 0 Å². The van der Waals surface area contributed by atoms with E-state index in [1.165, 1.54) is 0 Å². The van der Waals surface area contributed by atoms with Gasteiger partial charge in [-0.05, 0) is 13.0 Å². The van der Waals surface area contributed by atoms with Crippen molar-refractivity contribution in [1.82, 2.24) is 0 Å². The molecule has 0 aliphatic carbocycles. The molecular formula is C15H28O6. The molecule has 0 heterocycles. The molecule has 0 atom stereocenters. The minimum atomic E-state index is -0.516. The van der Waals surface area contributed by atoms with Crippen molar-refractivity contribution in [3.63, 3.8) is 0 Å². The maximum Gasteiger partial charge on any atom is 0.372 e. The van der Waals surface area contributed by atoms with Gasteiger partial charge in [-0.25, -0.2) is 4.79 Å². The number of esters is 1. The van der Waals surface area contributed by atoms with Crippen LogP contribution in [0.5, 0.6) is 0 Å². The van der Waals surface area contributed by atoms with Gasteiger partial charge < -0.3 is 24.1 Å². The Kier molecular flexibility index (Phi) is 14.5. The van der Waals surface area contributed by atoms with Crippen LogP contribution in [-0.4, -0.2) is 57.3 Å². The van der Waals surface area contributed by atoms with E-state index >= 15 is 0 Å². The average molecular weight is 304 g/mol. The number of carbonyl (C=O) groups is 1. The quantitative estimate of drug-likeness (QED) is 0.215. The van der Waals surface area contributed by atoms with Crippen LogP contribution in [0.25, 0.3) is 0 Å². The highest BCUT2D eigenvalue weighted by Crippen LogP contribution is 2.02. The van der Waals surface area contributed by atoms with Gasteiger partial charge in [0.1, 0.15) is 6.61 Å². The minimum Gasteiger partial charge on any atom is -0.485 e. The number of unbranched alkanes of at least 4 members (excludes halogenated alkanes) is 3. The van der Waals surface area contributed by atoms with Gasteiger partial charge in [-0.15, -0.1) is 0 Å². The second-order valence-corrected chi connectivity index (χ2v) is 4.42. The van der Waals surface area contributed by atoms with Gasteiger partial charge in [-0.1, -0.05) is 26.2 Å². The van der Waals surface area contributed by atoms with E-state index in [9.17, 15) is 4.79 Å². The van der Waals surface area contributed by atoms with Gasteiger partial charge in [0.05, 0.1) is 39.6 Å². The second-order valence-electron chi connectivity index (χ2n) is 4.42. The Morgan fingerprint density at radius 2 is 1.57 bits per heavy atom. The molecule has 0 saturated carbocycles. The van der Waals surface area contributed by atoms with E-state index in [-0.39, 0.29) is 19.0 Å². The van der Waals surface area contributed by atoms with Crippen molar-refractivity contribution in [3.8, 4) is 0 Å². The molecule has 0 saturated heterocycles. The van der Waals surface area contributed by atoms with Crippen LogP contribution in [0, 0.1) is 0 Å². The molecular weight excluding hydrogens is 276 g/mol. The molecule has 0 aromatic rings. The van der Waals surface area contributed by atoms with Gasteiger partial charge in [0.25, 0.3) is 0 Å². The topological polar surface area (TPSA) is 74.2 Å². The van der Waals surface area contributed by atoms with Gasteiger partial charge in [0.15, 0.2) is 5.76 Å². The number of rotatable bonds is 15. The van der Waals surface area contributed by atoms with E-state index < -0.39 is 5.97 Å². The molecule has 0 aliphatic heterocycles. The van der Waals surface area contributed by atoms with E-state index in [1.54, 1.807) is 0 Å². The first-order valence-corrected chi connectivity index (χ1v) is 7.47. The van der Waals surface area contributed by atoms with Crippen LogP contribution in [0.2, 0.25) is 0 Å². The van der Waals surface area contributed by atoms with Crippen LogP contribution in [-0.2, 0) is 23.7 Å². The van der Waals surface area contributed by atoms with Crippen LogP contribution in [0.1, 0.15) is 32.6 Å². The van der Waals surface area contributed by atoms with Crippen LogP contribution >= 0.6 is 0 Å². The zero-order valence-electron chi connectivity index (χ0n) is 13.0. The average Bonchev–Trinajstić information content (AvgIpc) is 2.49. The summed E-state index contributed by atoms with van der Waals surface area (Å²) in [6.07, 6.45) is 4.22. The summed E-state index contributed by atoms with van der Waals surface area (Å²) in [7, 11) is 0. The Morgan fingerprint density at radius 3 is 2.24 bits per heavy atom. The van der Waals surface area contributed by atoms with E-state index in [1.807, 2.05) is 0 Å². The van der Waals surface area contributed by atoms with E-state index in [0.29, 0.717) is 33.0 Å². The molecule has 0 aromatic heterocycles. The number of hydrogen-bond acceptors (Lipinski definition) is 6. The fourth-order valence-electron chi connectivity index (χ4n) is 1.44. The van der Waals surface area contributed by atoms with Crippen molar-refractivity contribution in [2.24, 2.45) is 0 Å². The molecule has 0 fully saturated rings. The fourth-order valence-corrected chi connectivity index (χ4v) is 1.44. The van der Waals surface area contributed by atoms with Crippen LogP contribution < -0.4 is 0 Å². The second kappa shape index (κ2) is 15.3. The smallest absolute Gasteiger partial charge is 0.372 e. The van der Waals surface area contributed by atoms with Gasteiger partial charge in [-0.3, -0.25) is 0 Å². The summed E-state index contributed by atoms with van der Waals surface area (Å²) in [6, 6.07) is 0. The normalized spacial score (nSPS) is 10.4. The molecule has 6 heteroatoms. The standard InChI is InChI=1S/C15H28O6/c1-3-4-5-6-8-21-15(17)14(2)20-13-12-19-11-10-18-9-7-16/h16H,2-13H2,1H3. The lowest BCUT2D eigenvalue weighted by atomic mass is 10.2. The summed E-state index contributed by atoms with van der Waals surface area (Å²) in [5, 5.41) is 8.48. The Bertz CT molecular complexity index is 267. The van der Waals surface area contributed by atoms with Crippen molar-refractivity contribution in [2.75, 3.05) is 46.2 Å². The Balaban J connectivity index is 3.37. The molecule has 6 nitrogen and oxygen atoms in total. The lowest BCUT2D eigenvalue weighted by molar-refractivity contribution is -0.143. The maximum absolute atomic E-state index is 11.5. The predicted octanol–water partition coefficient (Wildman–Crippen LogP) is 1.67. The Morgan fingerprint density at radius 1 is 0.905 bits per heavy atom. The molecule has 1 N–H and O–H groups in total. The highest BCUT2D eigenvalue weighted by atomic mass is 16.6. The largest absolute Gasteiger partial charge is 0.485 e. The highest BCUT2D eigenvalue weighted by molar-refractivity contribution is 5.85. The number of aliphatic hydroxyl groups excluding tert-OH is 1. The van der Waals surface area contributed by atoms with Crippen LogP contribution in [0.3, 0.4) is 0 Å². The summed E-state index contributed by atoms with van der Waals surface area (Å²) >= 11 is 0. The summed E-state index contributed by atoms with van der Waals surface area (Å²) in [5.41, 5.74) is 0. The lowest BCUT2D eigenvalue weighted by Crippen LogP contribution is -2.14. The van der Waals surface area contributed by atoms with Gasteiger partial charge in [-0.2, -0.15) is 0 Å². The zero-order valence-corrected chi connectivity index (χ0v) is 13.0. The molecule has 0 spiro atoms. The van der Waals surface area contributed by atoms with Crippen LogP contribution in [0.15, 0.2) is 12.3 Å². The Labute approximate surface area is 127 Å². The third-order valence-electron chi connectivity index (χ3n) is 2.57. The van der Waals surface area contributed by atoms with E-state index in [4.69, 9.17) is 24.1 Å². The molecule has 124 valence electrons. The third kappa shape index (κ3) is 13.6. The summed E-state index contributed by atoms with van der Waals surface area (Å²) in [4.78, 5) is 11.5. The molecule has 0 aromatic carbocycles. The zero-order chi connectivity index (χ0) is 15.8. The summed E-state index contributed by atoms with van der Waals surface area (Å²) in [5.74, 6) is -0.511. The van der Waals surface area contributed by atoms with Gasteiger partial charge in [0, 0.05) is 0 Å². The third-order valence-corrected chi connectivity index (χ3v) is 2.57. The lowest BCUT2D eigenvalue weighted by Gasteiger charge is -2.09. The van der Waals surface area contributed by atoms with Crippen molar-refractivity contribution < 1.29 is 28.8 Å². The van der Waals surface area contributed by atoms with Crippen molar-refractivity contribution in [3.05, 3.63) is 12.3 Å². The summed E-state index contributed by atoms with van der Waals surface area (Å²) in [6.45, 7) is 7.77. The molecule has 0 unspecified atom stereocenters. The number of aliphatic hydroxyl groups is 1. The number of carbonyl (C=O) groups excluding carboxylic acids is 1. The van der Waals surface area contributed by atoms with Crippen molar-refractivity contribution >= 4 is 5.97 Å². The molecule has 0 amide bonds. The molecule has 0 aliphatic rings. The van der Waals surface area contributed by atoms with Gasteiger partial charge in [0.2, 0.25) is 0 Å². The molecule has 0 rings (SSSR count). The molecule has 21 heavy (non-hydrogen) atoms. The van der Waals surface area contributed by atoms with Crippen molar-refractivity contribution in [2.45, 2.75) is 32.6 Å². The number of hydrogen-bond donors (Lipinski definition) is 1. The first-order valence-electron chi connectivity index (χ1n) is 7.47. The molecule has 0 radical (unpaired) electrons. The molecule has 0 bridgehead atoms. The fraction of sp³-hybridized carbons (Fsp3) is 0.800. The summed E-state index contributed by atoms with van der Waals surface area (Å²) < 4.78 is 20.4. The first kappa shape index (κ1) is 19.9. The number of ether oxygens (including phenoxy) is 4. The SMILES string of the molecule is C=C(OCCOCCOCCO)C(=O)OCCCCCC. The van der Waals surface area contributed by atoms with E-state index in [2.05, 4.69) is 13.5 Å². The minimum absolute atomic E-state index is 0.00346. The maximum atomic E-state index is 11.5. The van der Waals surface area contributed by atoms with Gasteiger partial charge >= 0.3 is 5.97 Å². The predicted molar refractivity (Wildman–Crippen MR) is 78.9 cm³/mol. The Hall–Kier alpha value is -1.11.